The van der Waals surface area contributed by atoms with Gasteiger partial charge in [0.15, 0.2) is 8.94 Å². The Balaban J connectivity index is 3.03. The maximum absolute atomic E-state index is 12.0. The smallest absolute Gasteiger partial charge is 0.221 e. The first kappa shape index (κ1) is 14.0. The van der Waals surface area contributed by atoms with Crippen molar-refractivity contribution in [3.8, 4) is 0 Å². The van der Waals surface area contributed by atoms with Crippen molar-refractivity contribution >= 4 is 31.2 Å². The summed E-state index contributed by atoms with van der Waals surface area (Å²) in [7, 11) is 3.02. The van der Waals surface area contributed by atoms with E-state index in [0.717, 1.165) is 0 Å². The fourth-order valence-corrected chi connectivity index (χ4v) is 3.16. The molecular formula is C11H15ClN2O2S. The maximum Gasteiger partial charge on any atom is 0.221 e. The first-order valence-corrected chi connectivity index (χ1v) is 7.49. The van der Waals surface area contributed by atoms with Crippen molar-refractivity contribution in [1.29, 1.82) is 0 Å². The van der Waals surface area contributed by atoms with Crippen molar-refractivity contribution in [3.63, 3.8) is 0 Å². The number of hydrogen-bond acceptors (Lipinski definition) is 3. The molecule has 0 heterocycles. The molecule has 17 heavy (non-hydrogen) atoms. The van der Waals surface area contributed by atoms with E-state index >= 15 is 0 Å². The highest BCUT2D eigenvalue weighted by Crippen LogP contribution is 2.21. The number of hydrogen-bond donors (Lipinski definition) is 1. The highest BCUT2D eigenvalue weighted by Gasteiger charge is 2.09. The summed E-state index contributed by atoms with van der Waals surface area (Å²) < 4.78 is 16.0. The molecule has 0 radical (unpaired) electrons. The SMILES string of the molecule is CC(=O)Nc1ccc(S(=O)(Cl)=NC(C)C)cc1. The molecule has 0 aromatic heterocycles. The predicted molar refractivity (Wildman–Crippen MR) is 70.6 cm³/mol. The van der Waals surface area contributed by atoms with Gasteiger partial charge < -0.3 is 5.32 Å². The molecule has 0 spiro atoms. The first-order valence-electron chi connectivity index (χ1n) is 5.15. The van der Waals surface area contributed by atoms with Crippen LogP contribution in [0.4, 0.5) is 5.69 Å². The summed E-state index contributed by atoms with van der Waals surface area (Å²) in [4.78, 5) is 11.3. The Bertz CT molecular complexity index is 517. The number of benzene rings is 1. The number of anilines is 1. The van der Waals surface area contributed by atoms with E-state index in [0.29, 0.717) is 10.6 Å². The van der Waals surface area contributed by atoms with E-state index in [-0.39, 0.29) is 11.9 Å². The lowest BCUT2D eigenvalue weighted by Crippen LogP contribution is -2.05. The summed E-state index contributed by atoms with van der Waals surface area (Å²) in [6, 6.07) is 6.40. The van der Waals surface area contributed by atoms with E-state index < -0.39 is 8.94 Å². The molecule has 1 aromatic carbocycles. The quantitative estimate of drug-likeness (QED) is 0.861. The number of nitrogens with zero attached hydrogens (tertiary/aromatic N) is 1. The van der Waals surface area contributed by atoms with E-state index in [1.54, 1.807) is 24.3 Å². The summed E-state index contributed by atoms with van der Waals surface area (Å²) in [6.07, 6.45) is 0. The Morgan fingerprint density at radius 1 is 1.35 bits per heavy atom. The van der Waals surface area contributed by atoms with Crippen molar-refractivity contribution < 1.29 is 9.00 Å². The van der Waals surface area contributed by atoms with Crippen LogP contribution in [0.2, 0.25) is 0 Å². The normalized spacial score (nSPS) is 14.2. The lowest BCUT2D eigenvalue weighted by molar-refractivity contribution is -0.114. The van der Waals surface area contributed by atoms with Crippen LogP contribution in [-0.4, -0.2) is 16.2 Å². The van der Waals surface area contributed by atoms with Crippen LogP contribution in [0.3, 0.4) is 0 Å². The second kappa shape index (κ2) is 5.51. The van der Waals surface area contributed by atoms with Crippen molar-refractivity contribution in [2.24, 2.45) is 4.36 Å². The van der Waals surface area contributed by atoms with Gasteiger partial charge in [-0.15, -0.1) is 0 Å². The van der Waals surface area contributed by atoms with Crippen LogP contribution in [0.25, 0.3) is 0 Å². The van der Waals surface area contributed by atoms with E-state index in [4.69, 9.17) is 10.7 Å². The molecule has 0 saturated heterocycles. The topological polar surface area (TPSA) is 58.5 Å². The summed E-state index contributed by atoms with van der Waals surface area (Å²) in [5, 5.41) is 2.62. The van der Waals surface area contributed by atoms with Gasteiger partial charge in [0.25, 0.3) is 0 Å². The summed E-state index contributed by atoms with van der Waals surface area (Å²) >= 11 is 0. The largest absolute Gasteiger partial charge is 0.326 e. The van der Waals surface area contributed by atoms with Gasteiger partial charge in [0.2, 0.25) is 5.91 Å². The molecule has 0 bridgehead atoms. The third-order valence-corrected chi connectivity index (χ3v) is 4.13. The van der Waals surface area contributed by atoms with Crippen molar-refractivity contribution in [1.82, 2.24) is 0 Å². The molecule has 0 aliphatic rings. The van der Waals surface area contributed by atoms with Gasteiger partial charge in [-0.25, -0.2) is 8.57 Å². The molecule has 1 amide bonds. The van der Waals surface area contributed by atoms with E-state index in [2.05, 4.69) is 9.68 Å². The van der Waals surface area contributed by atoms with E-state index in [9.17, 15) is 9.00 Å². The molecule has 0 aliphatic heterocycles. The molecule has 0 aliphatic carbocycles. The molecule has 1 N–H and O–H groups in total. The standard InChI is InChI=1S/C11H15ClN2O2S/c1-8(2)14-17(12,16)11-6-4-10(5-7-11)13-9(3)15/h4-8H,1-3H3,(H,13,15). The average Bonchev–Trinajstić information content (AvgIpc) is 2.15. The zero-order chi connectivity index (χ0) is 13.1. The molecule has 4 nitrogen and oxygen atoms in total. The lowest BCUT2D eigenvalue weighted by atomic mass is 10.3. The fourth-order valence-electron chi connectivity index (χ4n) is 1.24. The second-order valence-electron chi connectivity index (χ2n) is 3.86. The average molecular weight is 275 g/mol. The first-order chi connectivity index (χ1) is 7.81. The molecular weight excluding hydrogens is 260 g/mol. The van der Waals surface area contributed by atoms with E-state index in [1.165, 1.54) is 6.92 Å². The van der Waals surface area contributed by atoms with Crippen molar-refractivity contribution in [2.75, 3.05) is 5.32 Å². The lowest BCUT2D eigenvalue weighted by Gasteiger charge is -2.06. The molecule has 0 fully saturated rings. The number of carbonyl (C=O) groups excluding carboxylic acids is 1. The Labute approximate surface area is 106 Å². The Morgan fingerprint density at radius 2 is 1.88 bits per heavy atom. The van der Waals surface area contributed by atoms with Crippen molar-refractivity contribution in [2.45, 2.75) is 31.7 Å². The summed E-state index contributed by atoms with van der Waals surface area (Å²) in [5.41, 5.74) is 0.637. The van der Waals surface area contributed by atoms with Crippen LogP contribution < -0.4 is 5.32 Å². The number of rotatable bonds is 3. The fraction of sp³-hybridized carbons (Fsp3) is 0.364. The van der Waals surface area contributed by atoms with Gasteiger partial charge in [0, 0.05) is 23.3 Å². The van der Waals surface area contributed by atoms with E-state index in [1.807, 2.05) is 13.8 Å². The zero-order valence-corrected chi connectivity index (χ0v) is 11.5. The molecule has 1 rings (SSSR count). The Kier molecular flexibility index (Phi) is 4.54. The monoisotopic (exact) mass is 274 g/mol. The number of halogens is 1. The number of carbonyl (C=O) groups is 1. The van der Waals surface area contributed by atoms with Gasteiger partial charge in [0.1, 0.15) is 0 Å². The van der Waals surface area contributed by atoms with Gasteiger partial charge in [-0.05, 0) is 38.1 Å². The van der Waals surface area contributed by atoms with Gasteiger partial charge in [-0.3, -0.25) is 4.79 Å². The minimum atomic E-state index is -2.87. The number of amides is 1. The molecule has 1 aromatic rings. The molecule has 94 valence electrons. The van der Waals surface area contributed by atoms with Crippen LogP contribution in [0.15, 0.2) is 33.5 Å². The summed E-state index contributed by atoms with van der Waals surface area (Å²) in [5.74, 6) is -0.156. The zero-order valence-electron chi connectivity index (χ0n) is 9.94. The number of nitrogens with one attached hydrogen (secondary N) is 1. The minimum absolute atomic E-state index is 0.102. The molecule has 0 saturated carbocycles. The minimum Gasteiger partial charge on any atom is -0.326 e. The van der Waals surface area contributed by atoms with Crippen LogP contribution in [0.1, 0.15) is 20.8 Å². The van der Waals surface area contributed by atoms with Gasteiger partial charge in [0.05, 0.1) is 10.9 Å². The van der Waals surface area contributed by atoms with Gasteiger partial charge in [-0.1, -0.05) is 0 Å². The van der Waals surface area contributed by atoms with Gasteiger partial charge >= 0.3 is 0 Å². The molecule has 1 unspecified atom stereocenters. The third kappa shape index (κ3) is 4.36. The predicted octanol–water partition coefficient (Wildman–Crippen LogP) is 3.03. The summed E-state index contributed by atoms with van der Waals surface area (Å²) in [6.45, 7) is 5.05. The highest BCUT2D eigenvalue weighted by molar-refractivity contribution is 8.15. The van der Waals surface area contributed by atoms with Crippen LogP contribution in [0.5, 0.6) is 0 Å². The van der Waals surface area contributed by atoms with Crippen molar-refractivity contribution in [3.05, 3.63) is 24.3 Å². The maximum atomic E-state index is 12.0. The Morgan fingerprint density at radius 3 is 2.29 bits per heavy atom. The molecule has 1 atom stereocenters. The second-order valence-corrected chi connectivity index (χ2v) is 6.72. The van der Waals surface area contributed by atoms with Crippen LogP contribution >= 0.6 is 10.7 Å². The third-order valence-electron chi connectivity index (χ3n) is 1.81. The highest BCUT2D eigenvalue weighted by atomic mass is 35.7. The van der Waals surface area contributed by atoms with Crippen LogP contribution in [0, 0.1) is 0 Å². The Hall–Kier alpha value is -1.07. The van der Waals surface area contributed by atoms with Gasteiger partial charge in [-0.2, -0.15) is 0 Å². The van der Waals surface area contributed by atoms with Crippen LogP contribution in [-0.2, 0) is 13.7 Å². The molecule has 6 heteroatoms.